The zero-order chi connectivity index (χ0) is 24.0. The Morgan fingerprint density at radius 1 is 1.18 bits per heavy atom. The van der Waals surface area contributed by atoms with Crippen molar-refractivity contribution < 1.29 is 28.7 Å². The molecule has 3 atom stereocenters. The number of nitrogens with one attached hydrogen (secondary N) is 3. The maximum Gasteiger partial charge on any atom is 0.325 e. The molecule has 2 saturated heterocycles. The predicted octanol–water partition coefficient (Wildman–Crippen LogP) is -0.337. The third kappa shape index (κ3) is 5.50. The van der Waals surface area contributed by atoms with Crippen LogP contribution in [0.1, 0.15) is 38.2 Å². The second kappa shape index (κ2) is 10.5. The number of fused-ring (bicyclic) bond motifs is 1. The van der Waals surface area contributed by atoms with Crippen LogP contribution in [0.4, 0.5) is 0 Å². The maximum absolute atomic E-state index is 13.2. The largest absolute Gasteiger partial charge is 0.468 e. The molecule has 0 radical (unpaired) electrons. The van der Waals surface area contributed by atoms with Crippen LogP contribution in [-0.4, -0.2) is 72.3 Å². The molecule has 0 saturated carbocycles. The van der Waals surface area contributed by atoms with Crippen LogP contribution in [0.25, 0.3) is 0 Å². The van der Waals surface area contributed by atoms with E-state index in [4.69, 9.17) is 0 Å². The first-order valence-electron chi connectivity index (χ1n) is 11.0. The van der Waals surface area contributed by atoms with Gasteiger partial charge in [-0.25, -0.2) is 0 Å². The van der Waals surface area contributed by atoms with Gasteiger partial charge in [0.25, 0.3) is 0 Å². The van der Waals surface area contributed by atoms with Gasteiger partial charge in [-0.3, -0.25) is 24.0 Å². The summed E-state index contributed by atoms with van der Waals surface area (Å²) in [6.07, 6.45) is 2.08. The van der Waals surface area contributed by atoms with E-state index in [1.54, 1.807) is 0 Å². The second-order valence-corrected chi connectivity index (χ2v) is 8.43. The summed E-state index contributed by atoms with van der Waals surface area (Å²) in [4.78, 5) is 63.6. The lowest BCUT2D eigenvalue weighted by Crippen LogP contribution is -2.66. The van der Waals surface area contributed by atoms with Crippen molar-refractivity contribution in [3.05, 3.63) is 35.9 Å². The van der Waals surface area contributed by atoms with E-state index in [9.17, 15) is 24.0 Å². The number of benzene rings is 1. The van der Waals surface area contributed by atoms with Gasteiger partial charge in [0.05, 0.1) is 7.11 Å². The van der Waals surface area contributed by atoms with Crippen LogP contribution < -0.4 is 16.0 Å². The van der Waals surface area contributed by atoms with Crippen molar-refractivity contribution >= 4 is 29.6 Å². The van der Waals surface area contributed by atoms with Crippen molar-refractivity contribution in [2.75, 3.05) is 20.2 Å². The van der Waals surface area contributed by atoms with Gasteiger partial charge in [-0.2, -0.15) is 0 Å². The van der Waals surface area contributed by atoms with Gasteiger partial charge in [0.2, 0.25) is 23.6 Å². The number of carbonyl (C=O) groups excluding carboxylic acids is 5. The zero-order valence-electron chi connectivity index (χ0n) is 18.9. The molecule has 4 amide bonds. The summed E-state index contributed by atoms with van der Waals surface area (Å²) in [5, 5.41) is 7.99. The molecule has 1 aromatic rings. The third-order valence-corrected chi connectivity index (χ3v) is 6.24. The number of hydrogen-bond donors (Lipinski definition) is 3. The van der Waals surface area contributed by atoms with Crippen LogP contribution in [0, 0.1) is 0 Å². The summed E-state index contributed by atoms with van der Waals surface area (Å²) in [6.45, 7) is 1.47. The lowest BCUT2D eigenvalue weighted by atomic mass is 9.83. The Kier molecular flexibility index (Phi) is 7.67. The van der Waals surface area contributed by atoms with Gasteiger partial charge in [-0.1, -0.05) is 30.3 Å². The molecule has 10 nitrogen and oxygen atoms in total. The molecule has 0 aromatic heterocycles. The molecular weight excluding hydrogens is 428 g/mol. The number of nitrogens with zero attached hydrogens (tertiary/aromatic N) is 1. The van der Waals surface area contributed by atoms with Crippen LogP contribution in [0.2, 0.25) is 0 Å². The monoisotopic (exact) mass is 458 g/mol. The van der Waals surface area contributed by atoms with E-state index in [1.165, 1.54) is 18.9 Å². The first-order valence-corrected chi connectivity index (χ1v) is 11.0. The van der Waals surface area contributed by atoms with Crippen molar-refractivity contribution in [1.29, 1.82) is 0 Å². The molecule has 0 bridgehead atoms. The van der Waals surface area contributed by atoms with E-state index in [1.807, 2.05) is 30.3 Å². The van der Waals surface area contributed by atoms with E-state index in [2.05, 4.69) is 20.7 Å². The minimum Gasteiger partial charge on any atom is -0.468 e. The van der Waals surface area contributed by atoms with Crippen LogP contribution in [0.3, 0.4) is 0 Å². The summed E-state index contributed by atoms with van der Waals surface area (Å²) in [7, 11) is 1.23. The van der Waals surface area contributed by atoms with E-state index in [0.717, 1.165) is 5.56 Å². The SMILES string of the molecule is COC(=O)CNC(=O)[C@@]12CCCN1C(=O)[C@@H](NC(=O)[C@@H](Cc1ccccc1)NC(C)=O)CC2. The number of hydrogen-bond acceptors (Lipinski definition) is 6. The highest BCUT2D eigenvalue weighted by Crippen LogP contribution is 2.38. The Morgan fingerprint density at radius 2 is 1.91 bits per heavy atom. The van der Waals surface area contributed by atoms with Crippen molar-refractivity contribution in [3.63, 3.8) is 0 Å². The molecule has 2 aliphatic rings. The standard InChI is InChI=1S/C23H30N4O6/c1-15(28)25-18(13-16-7-4-3-5-8-16)20(30)26-17-9-11-23(10-6-12-27(23)21(17)31)22(32)24-14-19(29)33-2/h3-5,7-8,17-18H,6,9-14H2,1-2H3,(H,24,32)(H,25,28)(H,26,30)/t17-,18+,23-/m0/s1. The lowest BCUT2D eigenvalue weighted by molar-refractivity contribution is -0.153. The molecule has 178 valence electrons. The number of rotatable bonds is 8. The fourth-order valence-electron chi connectivity index (χ4n) is 4.60. The van der Waals surface area contributed by atoms with Crippen LogP contribution in [0.5, 0.6) is 0 Å². The maximum atomic E-state index is 13.2. The van der Waals surface area contributed by atoms with Crippen molar-refractivity contribution in [2.24, 2.45) is 0 Å². The lowest BCUT2D eigenvalue weighted by Gasteiger charge is -2.43. The van der Waals surface area contributed by atoms with E-state index >= 15 is 0 Å². The zero-order valence-corrected chi connectivity index (χ0v) is 18.9. The van der Waals surface area contributed by atoms with Crippen molar-refractivity contribution in [2.45, 2.75) is 56.7 Å². The van der Waals surface area contributed by atoms with E-state index < -0.39 is 29.5 Å². The van der Waals surface area contributed by atoms with Crippen LogP contribution in [-0.2, 0) is 35.1 Å². The highest BCUT2D eigenvalue weighted by Gasteiger charge is 2.54. The number of carbonyl (C=O) groups is 5. The molecular formula is C23H30N4O6. The molecule has 2 fully saturated rings. The van der Waals surface area contributed by atoms with Crippen molar-refractivity contribution in [3.8, 4) is 0 Å². The summed E-state index contributed by atoms with van der Waals surface area (Å²) in [5.74, 6) is -2.08. The minimum atomic E-state index is -1.02. The van der Waals surface area contributed by atoms with Gasteiger partial charge in [0.1, 0.15) is 24.2 Å². The van der Waals surface area contributed by atoms with Crippen LogP contribution in [0.15, 0.2) is 30.3 Å². The van der Waals surface area contributed by atoms with Gasteiger partial charge in [0.15, 0.2) is 0 Å². The molecule has 1 aromatic carbocycles. The number of amides is 4. The molecule has 0 unspecified atom stereocenters. The quantitative estimate of drug-likeness (QED) is 0.457. The molecule has 2 aliphatic heterocycles. The average molecular weight is 459 g/mol. The van der Waals surface area contributed by atoms with Gasteiger partial charge in [0, 0.05) is 19.9 Å². The fraction of sp³-hybridized carbons (Fsp3) is 0.522. The Labute approximate surface area is 192 Å². The number of ether oxygens (including phenoxy) is 1. The smallest absolute Gasteiger partial charge is 0.325 e. The van der Waals surface area contributed by atoms with Gasteiger partial charge in [-0.15, -0.1) is 0 Å². The number of methoxy groups -OCH3 is 1. The summed E-state index contributed by atoms with van der Waals surface area (Å²) in [5.41, 5.74) is -0.143. The summed E-state index contributed by atoms with van der Waals surface area (Å²) >= 11 is 0. The molecule has 0 spiro atoms. The normalized spacial score (nSPS) is 22.7. The first-order chi connectivity index (χ1) is 15.8. The third-order valence-electron chi connectivity index (χ3n) is 6.24. The Bertz CT molecular complexity index is 921. The molecule has 3 N–H and O–H groups in total. The Hall–Kier alpha value is -3.43. The average Bonchev–Trinajstić information content (AvgIpc) is 3.25. The Balaban J connectivity index is 1.68. The van der Waals surface area contributed by atoms with Gasteiger partial charge < -0.3 is 25.6 Å². The highest BCUT2D eigenvalue weighted by atomic mass is 16.5. The van der Waals surface area contributed by atoms with E-state index in [-0.39, 0.29) is 37.1 Å². The molecule has 0 aliphatic carbocycles. The van der Waals surface area contributed by atoms with Gasteiger partial charge >= 0.3 is 5.97 Å². The molecule has 33 heavy (non-hydrogen) atoms. The predicted molar refractivity (Wildman–Crippen MR) is 118 cm³/mol. The van der Waals surface area contributed by atoms with Crippen LogP contribution >= 0.6 is 0 Å². The number of piperidine rings is 1. The molecule has 3 rings (SSSR count). The topological polar surface area (TPSA) is 134 Å². The summed E-state index contributed by atoms with van der Waals surface area (Å²) in [6, 6.07) is 7.66. The fourth-order valence-corrected chi connectivity index (χ4v) is 4.60. The van der Waals surface area contributed by atoms with Crippen molar-refractivity contribution in [1.82, 2.24) is 20.9 Å². The second-order valence-electron chi connectivity index (χ2n) is 8.43. The first kappa shape index (κ1) is 24.2. The molecule has 10 heteroatoms. The minimum absolute atomic E-state index is 0.267. The van der Waals surface area contributed by atoms with Gasteiger partial charge in [-0.05, 0) is 31.2 Å². The highest BCUT2D eigenvalue weighted by molar-refractivity contribution is 5.98. The van der Waals surface area contributed by atoms with E-state index in [0.29, 0.717) is 25.8 Å². The Morgan fingerprint density at radius 3 is 2.58 bits per heavy atom. The molecule has 2 heterocycles. The summed E-state index contributed by atoms with van der Waals surface area (Å²) < 4.78 is 4.56. The number of esters is 1.